The van der Waals surface area contributed by atoms with Crippen molar-refractivity contribution < 1.29 is 4.79 Å². The van der Waals surface area contributed by atoms with Gasteiger partial charge in [-0.15, -0.1) is 0 Å². The SMILES string of the molecule is CCc1ccc(-c2nn(C(C)C)c3c2CCc2nc(NC(C)=O)sc2-3)cn1. The van der Waals surface area contributed by atoms with Crippen LogP contribution in [0, 0.1) is 0 Å². The fraction of sp³-hybridized carbons (Fsp3) is 0.400. The minimum atomic E-state index is -0.0959. The molecule has 4 rings (SSSR count). The number of amides is 1. The van der Waals surface area contributed by atoms with Crippen LogP contribution in [0.1, 0.15) is 50.7 Å². The van der Waals surface area contributed by atoms with Crippen LogP contribution in [0.4, 0.5) is 5.13 Å². The third-order valence-corrected chi connectivity index (χ3v) is 5.79. The highest BCUT2D eigenvalue weighted by Gasteiger charge is 2.30. The van der Waals surface area contributed by atoms with Crippen molar-refractivity contribution in [2.24, 2.45) is 0 Å². The van der Waals surface area contributed by atoms with E-state index in [9.17, 15) is 4.79 Å². The zero-order valence-electron chi connectivity index (χ0n) is 16.0. The van der Waals surface area contributed by atoms with E-state index in [2.05, 4.69) is 52.9 Å². The second-order valence-corrected chi connectivity index (χ2v) is 8.08. The molecule has 0 atom stereocenters. The molecule has 3 aromatic rings. The largest absolute Gasteiger partial charge is 0.302 e. The summed E-state index contributed by atoms with van der Waals surface area (Å²) in [5.74, 6) is -0.0959. The quantitative estimate of drug-likeness (QED) is 0.732. The van der Waals surface area contributed by atoms with Gasteiger partial charge in [-0.25, -0.2) is 4.98 Å². The summed E-state index contributed by atoms with van der Waals surface area (Å²) in [5.41, 5.74) is 6.58. The maximum absolute atomic E-state index is 11.4. The van der Waals surface area contributed by atoms with Crippen LogP contribution in [-0.2, 0) is 24.1 Å². The van der Waals surface area contributed by atoms with Gasteiger partial charge in [0.05, 0.1) is 22.0 Å². The third-order valence-electron chi connectivity index (χ3n) is 4.77. The Bertz CT molecular complexity index is 1000. The predicted octanol–water partition coefficient (Wildman–Crippen LogP) is 4.27. The van der Waals surface area contributed by atoms with Crippen LogP contribution in [0.25, 0.3) is 21.8 Å². The number of aromatic nitrogens is 4. The lowest BCUT2D eigenvalue weighted by Gasteiger charge is -2.15. The van der Waals surface area contributed by atoms with Crippen LogP contribution in [-0.4, -0.2) is 25.7 Å². The highest BCUT2D eigenvalue weighted by molar-refractivity contribution is 7.19. The summed E-state index contributed by atoms with van der Waals surface area (Å²) in [6.45, 7) is 7.89. The van der Waals surface area contributed by atoms with Crippen molar-refractivity contribution in [3.05, 3.63) is 35.3 Å². The van der Waals surface area contributed by atoms with Gasteiger partial charge in [0.15, 0.2) is 5.13 Å². The van der Waals surface area contributed by atoms with Gasteiger partial charge in [0.1, 0.15) is 0 Å². The summed E-state index contributed by atoms with van der Waals surface area (Å²) >= 11 is 1.53. The second kappa shape index (κ2) is 6.88. The van der Waals surface area contributed by atoms with Crippen LogP contribution in [0.2, 0.25) is 0 Å². The van der Waals surface area contributed by atoms with E-state index in [4.69, 9.17) is 5.10 Å². The van der Waals surface area contributed by atoms with Crippen LogP contribution in [0.3, 0.4) is 0 Å². The van der Waals surface area contributed by atoms with Crippen molar-refractivity contribution in [1.29, 1.82) is 0 Å². The molecule has 1 aliphatic carbocycles. The van der Waals surface area contributed by atoms with Crippen LogP contribution in [0.15, 0.2) is 18.3 Å². The lowest BCUT2D eigenvalue weighted by atomic mass is 9.95. The minimum absolute atomic E-state index is 0.0959. The van der Waals surface area contributed by atoms with Crippen molar-refractivity contribution in [3.8, 4) is 21.8 Å². The Morgan fingerprint density at radius 3 is 2.78 bits per heavy atom. The van der Waals surface area contributed by atoms with Gasteiger partial charge >= 0.3 is 0 Å². The van der Waals surface area contributed by atoms with E-state index >= 15 is 0 Å². The first-order valence-corrected chi connectivity index (χ1v) is 10.1. The molecule has 0 spiro atoms. The zero-order valence-corrected chi connectivity index (χ0v) is 16.9. The highest BCUT2D eigenvalue weighted by atomic mass is 32.1. The van der Waals surface area contributed by atoms with Gasteiger partial charge in [-0.1, -0.05) is 18.3 Å². The summed E-state index contributed by atoms with van der Waals surface area (Å²) in [4.78, 5) is 21.7. The number of aryl methyl sites for hydroxylation is 2. The molecule has 6 nitrogen and oxygen atoms in total. The monoisotopic (exact) mass is 381 g/mol. The molecule has 7 heteroatoms. The van der Waals surface area contributed by atoms with Gasteiger partial charge in [-0.05, 0) is 45.2 Å². The molecule has 0 radical (unpaired) electrons. The number of fused-ring (bicyclic) bond motifs is 3. The van der Waals surface area contributed by atoms with Crippen molar-refractivity contribution in [2.45, 2.75) is 53.0 Å². The molecule has 0 bridgehead atoms. The van der Waals surface area contributed by atoms with Crippen molar-refractivity contribution in [3.63, 3.8) is 0 Å². The van der Waals surface area contributed by atoms with E-state index in [1.54, 1.807) is 0 Å². The maximum Gasteiger partial charge on any atom is 0.223 e. The van der Waals surface area contributed by atoms with Crippen molar-refractivity contribution in [2.75, 3.05) is 5.32 Å². The number of hydrogen-bond acceptors (Lipinski definition) is 5. The zero-order chi connectivity index (χ0) is 19.1. The van der Waals surface area contributed by atoms with E-state index in [1.807, 2.05) is 6.20 Å². The lowest BCUT2D eigenvalue weighted by Crippen LogP contribution is -2.09. The lowest BCUT2D eigenvalue weighted by molar-refractivity contribution is -0.114. The van der Waals surface area contributed by atoms with Crippen molar-refractivity contribution in [1.82, 2.24) is 19.7 Å². The Hall–Kier alpha value is -2.54. The third kappa shape index (κ3) is 3.16. The standard InChI is InChI=1S/C20H23N5OS/c1-5-14-7-6-13(10-21-14)17-15-8-9-16-19(18(15)25(24-17)11(2)3)27-20(23-16)22-12(4)26/h6-7,10-11H,5,8-9H2,1-4H3,(H,22,23,26). The smallest absolute Gasteiger partial charge is 0.223 e. The number of nitrogens with one attached hydrogen (secondary N) is 1. The minimum Gasteiger partial charge on any atom is -0.302 e. The van der Waals surface area contributed by atoms with Crippen molar-refractivity contribution >= 4 is 22.4 Å². The fourth-order valence-corrected chi connectivity index (χ4v) is 4.60. The Morgan fingerprint density at radius 2 is 2.15 bits per heavy atom. The normalized spacial score (nSPS) is 12.8. The van der Waals surface area contributed by atoms with E-state index in [0.717, 1.165) is 52.5 Å². The molecule has 0 saturated carbocycles. The van der Waals surface area contributed by atoms with Crippen LogP contribution >= 0.6 is 11.3 Å². The molecular weight excluding hydrogens is 358 g/mol. The number of carbonyl (C=O) groups excluding carboxylic acids is 1. The number of hydrogen-bond donors (Lipinski definition) is 1. The average Bonchev–Trinajstić information content (AvgIpc) is 3.21. The van der Waals surface area contributed by atoms with Gasteiger partial charge in [-0.2, -0.15) is 5.10 Å². The number of pyridine rings is 1. The van der Waals surface area contributed by atoms with Gasteiger partial charge in [0.25, 0.3) is 0 Å². The first-order valence-electron chi connectivity index (χ1n) is 9.32. The molecule has 0 unspecified atom stereocenters. The Labute approximate surface area is 162 Å². The molecule has 1 amide bonds. The summed E-state index contributed by atoms with van der Waals surface area (Å²) < 4.78 is 2.09. The predicted molar refractivity (Wildman–Crippen MR) is 108 cm³/mol. The molecule has 1 N–H and O–H groups in total. The number of thiazole rings is 1. The Morgan fingerprint density at radius 1 is 1.33 bits per heavy atom. The topological polar surface area (TPSA) is 72.7 Å². The van der Waals surface area contributed by atoms with Gasteiger partial charge < -0.3 is 5.32 Å². The molecule has 1 aliphatic rings. The van der Waals surface area contributed by atoms with E-state index in [-0.39, 0.29) is 11.9 Å². The van der Waals surface area contributed by atoms with E-state index in [1.165, 1.54) is 23.8 Å². The fourth-order valence-electron chi connectivity index (χ4n) is 3.48. The molecule has 3 aromatic heterocycles. The number of anilines is 1. The molecular formula is C20H23N5OS. The molecule has 0 aromatic carbocycles. The van der Waals surface area contributed by atoms with Crippen LogP contribution < -0.4 is 5.32 Å². The Balaban J connectivity index is 1.85. The highest BCUT2D eigenvalue weighted by Crippen LogP contribution is 2.43. The number of carbonyl (C=O) groups is 1. The molecule has 3 heterocycles. The average molecular weight is 382 g/mol. The molecule has 140 valence electrons. The number of rotatable bonds is 4. The molecule has 0 aliphatic heterocycles. The first-order chi connectivity index (χ1) is 13.0. The van der Waals surface area contributed by atoms with Gasteiger partial charge in [-0.3, -0.25) is 14.5 Å². The Kier molecular flexibility index (Phi) is 4.55. The van der Waals surface area contributed by atoms with Gasteiger partial charge in [0, 0.05) is 36.0 Å². The summed E-state index contributed by atoms with van der Waals surface area (Å²) in [6.07, 6.45) is 4.60. The van der Waals surface area contributed by atoms with Crippen LogP contribution in [0.5, 0.6) is 0 Å². The second-order valence-electron chi connectivity index (χ2n) is 7.08. The molecule has 0 saturated heterocycles. The summed E-state index contributed by atoms with van der Waals surface area (Å²) in [7, 11) is 0. The van der Waals surface area contributed by atoms with E-state index in [0.29, 0.717) is 5.13 Å². The molecule has 27 heavy (non-hydrogen) atoms. The number of nitrogens with zero attached hydrogens (tertiary/aromatic N) is 4. The first kappa shape index (κ1) is 17.9. The van der Waals surface area contributed by atoms with E-state index < -0.39 is 0 Å². The summed E-state index contributed by atoms with van der Waals surface area (Å²) in [5, 5.41) is 8.44. The summed E-state index contributed by atoms with van der Waals surface area (Å²) in [6, 6.07) is 4.42. The molecule has 0 fully saturated rings. The van der Waals surface area contributed by atoms with Gasteiger partial charge in [0.2, 0.25) is 5.91 Å². The maximum atomic E-state index is 11.4.